The molecule has 0 bridgehead atoms. The van der Waals surface area contributed by atoms with E-state index >= 15 is 0 Å². The van der Waals surface area contributed by atoms with E-state index in [1.54, 1.807) is 24.3 Å². The fourth-order valence-corrected chi connectivity index (χ4v) is 0.895. The monoisotopic (exact) mass is 195 g/mol. The molecule has 14 heavy (non-hydrogen) atoms. The number of benzene rings is 1. The molecule has 0 fully saturated rings. The van der Waals surface area contributed by atoms with Gasteiger partial charge in [-0.1, -0.05) is 18.2 Å². The molecule has 4 heteroatoms. The third-order valence-electron chi connectivity index (χ3n) is 1.55. The summed E-state index contributed by atoms with van der Waals surface area (Å²) >= 11 is 0. The first-order chi connectivity index (χ1) is 6.84. The van der Waals surface area contributed by atoms with Crippen molar-refractivity contribution < 1.29 is 14.3 Å². The van der Waals surface area contributed by atoms with Gasteiger partial charge in [0.05, 0.1) is 12.2 Å². The van der Waals surface area contributed by atoms with E-state index in [-0.39, 0.29) is 12.8 Å². The molecule has 1 aromatic rings. The van der Waals surface area contributed by atoms with Crippen LogP contribution in [0.2, 0.25) is 0 Å². The van der Waals surface area contributed by atoms with Gasteiger partial charge in [-0.25, -0.2) is 4.79 Å². The Kier molecular flexibility index (Phi) is 4.68. The number of carbonyl (C=O) groups excluding carboxylic acids is 1. The molecule has 0 radical (unpaired) electrons. The van der Waals surface area contributed by atoms with Gasteiger partial charge in [0.2, 0.25) is 0 Å². The van der Waals surface area contributed by atoms with Crippen molar-refractivity contribution in [3.63, 3.8) is 0 Å². The number of esters is 1. The minimum Gasteiger partial charge on any atom is -0.435 e. The first kappa shape index (κ1) is 10.7. The van der Waals surface area contributed by atoms with Crippen LogP contribution in [-0.2, 0) is 9.47 Å². The first-order valence-electron chi connectivity index (χ1n) is 4.34. The Morgan fingerprint density at radius 2 is 2.00 bits per heavy atom. The topological polar surface area (TPSA) is 61.6 Å². The van der Waals surface area contributed by atoms with Gasteiger partial charge in [0.1, 0.15) is 0 Å². The van der Waals surface area contributed by atoms with Crippen molar-refractivity contribution in [2.24, 2.45) is 5.73 Å². The molecule has 1 aromatic carbocycles. The summed E-state index contributed by atoms with van der Waals surface area (Å²) in [5.74, 6) is -0.386. The van der Waals surface area contributed by atoms with Crippen LogP contribution in [-0.4, -0.2) is 25.9 Å². The molecule has 76 valence electrons. The molecule has 0 spiro atoms. The van der Waals surface area contributed by atoms with E-state index in [1.807, 2.05) is 6.07 Å². The molecule has 0 aromatic heterocycles. The molecule has 0 saturated carbocycles. The van der Waals surface area contributed by atoms with Crippen LogP contribution in [0.25, 0.3) is 0 Å². The van der Waals surface area contributed by atoms with E-state index in [0.717, 1.165) is 0 Å². The predicted octanol–water partition coefficient (Wildman–Crippen LogP) is 0.776. The SMILES string of the molecule is NCCOCOC(=O)c1ccccc1. The van der Waals surface area contributed by atoms with Gasteiger partial charge in [0, 0.05) is 6.54 Å². The Labute approximate surface area is 82.6 Å². The van der Waals surface area contributed by atoms with Gasteiger partial charge in [-0.15, -0.1) is 0 Å². The highest BCUT2D eigenvalue weighted by atomic mass is 16.7. The maximum absolute atomic E-state index is 11.3. The fraction of sp³-hybridized carbons (Fsp3) is 0.300. The van der Waals surface area contributed by atoms with Crippen LogP contribution in [0, 0.1) is 0 Å². The molecule has 0 unspecified atom stereocenters. The summed E-state index contributed by atoms with van der Waals surface area (Å²) in [5.41, 5.74) is 5.71. The Balaban J connectivity index is 2.29. The van der Waals surface area contributed by atoms with Gasteiger partial charge in [-0.2, -0.15) is 0 Å². The third-order valence-corrected chi connectivity index (χ3v) is 1.55. The number of hydrogen-bond donors (Lipinski definition) is 1. The smallest absolute Gasteiger partial charge is 0.340 e. The maximum atomic E-state index is 11.3. The molecule has 0 aliphatic heterocycles. The molecule has 2 N–H and O–H groups in total. The van der Waals surface area contributed by atoms with Crippen LogP contribution in [0.1, 0.15) is 10.4 Å². The average Bonchev–Trinajstić information content (AvgIpc) is 2.25. The molecule has 0 amide bonds. The standard InChI is InChI=1S/C10H13NO3/c11-6-7-13-8-14-10(12)9-4-2-1-3-5-9/h1-5H,6-8,11H2. The average molecular weight is 195 g/mol. The number of ether oxygens (including phenoxy) is 2. The van der Waals surface area contributed by atoms with Gasteiger partial charge in [-0.3, -0.25) is 0 Å². The molecule has 0 aliphatic rings. The van der Waals surface area contributed by atoms with E-state index in [0.29, 0.717) is 18.7 Å². The van der Waals surface area contributed by atoms with Crippen LogP contribution in [0.3, 0.4) is 0 Å². The van der Waals surface area contributed by atoms with Crippen molar-refractivity contribution in [3.8, 4) is 0 Å². The van der Waals surface area contributed by atoms with Gasteiger partial charge in [0.25, 0.3) is 0 Å². The zero-order valence-electron chi connectivity index (χ0n) is 7.81. The second kappa shape index (κ2) is 6.12. The number of hydrogen-bond acceptors (Lipinski definition) is 4. The molecular formula is C10H13NO3. The normalized spacial score (nSPS) is 9.79. The minimum atomic E-state index is -0.386. The third kappa shape index (κ3) is 3.55. The lowest BCUT2D eigenvalue weighted by Gasteiger charge is -2.04. The van der Waals surface area contributed by atoms with Crippen LogP contribution >= 0.6 is 0 Å². The second-order valence-electron chi connectivity index (χ2n) is 2.61. The van der Waals surface area contributed by atoms with Crippen molar-refractivity contribution in [1.29, 1.82) is 0 Å². The quantitative estimate of drug-likeness (QED) is 0.428. The fourth-order valence-electron chi connectivity index (χ4n) is 0.895. The minimum absolute atomic E-state index is 0.0507. The molecule has 4 nitrogen and oxygen atoms in total. The van der Waals surface area contributed by atoms with Crippen molar-refractivity contribution in [1.82, 2.24) is 0 Å². The van der Waals surface area contributed by atoms with Crippen LogP contribution < -0.4 is 5.73 Å². The summed E-state index contributed by atoms with van der Waals surface area (Å²) < 4.78 is 9.72. The summed E-state index contributed by atoms with van der Waals surface area (Å²) in [6, 6.07) is 8.76. The largest absolute Gasteiger partial charge is 0.435 e. The molecule has 0 heterocycles. The van der Waals surface area contributed by atoms with Gasteiger partial charge < -0.3 is 15.2 Å². The van der Waals surface area contributed by atoms with E-state index < -0.39 is 0 Å². The molecule has 0 aliphatic carbocycles. The van der Waals surface area contributed by atoms with Crippen molar-refractivity contribution in [2.45, 2.75) is 0 Å². The van der Waals surface area contributed by atoms with Gasteiger partial charge >= 0.3 is 5.97 Å². The lowest BCUT2D eigenvalue weighted by Crippen LogP contribution is -2.13. The van der Waals surface area contributed by atoms with E-state index in [9.17, 15) is 4.79 Å². The first-order valence-corrected chi connectivity index (χ1v) is 4.34. The molecule has 0 saturated heterocycles. The Bertz CT molecular complexity index is 274. The molecule has 0 atom stereocenters. The van der Waals surface area contributed by atoms with Gasteiger partial charge in [-0.05, 0) is 12.1 Å². The Morgan fingerprint density at radius 1 is 1.29 bits per heavy atom. The van der Waals surface area contributed by atoms with Crippen molar-refractivity contribution in [2.75, 3.05) is 19.9 Å². The van der Waals surface area contributed by atoms with E-state index in [1.165, 1.54) is 0 Å². The predicted molar refractivity (Wildman–Crippen MR) is 51.7 cm³/mol. The lowest BCUT2D eigenvalue weighted by atomic mass is 10.2. The highest BCUT2D eigenvalue weighted by Gasteiger charge is 2.04. The summed E-state index contributed by atoms with van der Waals surface area (Å²) in [4.78, 5) is 11.3. The summed E-state index contributed by atoms with van der Waals surface area (Å²) in [7, 11) is 0. The maximum Gasteiger partial charge on any atom is 0.340 e. The molecular weight excluding hydrogens is 182 g/mol. The van der Waals surface area contributed by atoms with Crippen LogP contribution in [0.15, 0.2) is 30.3 Å². The van der Waals surface area contributed by atoms with Crippen molar-refractivity contribution >= 4 is 5.97 Å². The van der Waals surface area contributed by atoms with E-state index in [2.05, 4.69) is 0 Å². The van der Waals surface area contributed by atoms with Crippen molar-refractivity contribution in [3.05, 3.63) is 35.9 Å². The number of carbonyl (C=O) groups is 1. The van der Waals surface area contributed by atoms with Crippen LogP contribution in [0.4, 0.5) is 0 Å². The highest BCUT2D eigenvalue weighted by molar-refractivity contribution is 5.89. The second-order valence-corrected chi connectivity index (χ2v) is 2.61. The summed E-state index contributed by atoms with van der Waals surface area (Å²) in [6.45, 7) is 0.760. The molecule has 1 rings (SSSR count). The summed E-state index contributed by atoms with van der Waals surface area (Å²) in [6.07, 6.45) is 0. The Hall–Kier alpha value is -1.39. The van der Waals surface area contributed by atoms with Crippen LogP contribution in [0.5, 0.6) is 0 Å². The Morgan fingerprint density at radius 3 is 2.64 bits per heavy atom. The number of rotatable bonds is 5. The number of nitrogens with two attached hydrogens (primary N) is 1. The summed E-state index contributed by atoms with van der Waals surface area (Å²) in [5, 5.41) is 0. The van der Waals surface area contributed by atoms with Gasteiger partial charge in [0.15, 0.2) is 6.79 Å². The highest BCUT2D eigenvalue weighted by Crippen LogP contribution is 2.00. The zero-order chi connectivity index (χ0) is 10.2. The zero-order valence-corrected chi connectivity index (χ0v) is 7.81. The lowest BCUT2D eigenvalue weighted by molar-refractivity contribution is -0.0290. The van der Waals surface area contributed by atoms with E-state index in [4.69, 9.17) is 15.2 Å².